The van der Waals surface area contributed by atoms with Crippen LogP contribution >= 0.6 is 0 Å². The number of aliphatic carboxylic acids is 2. The highest BCUT2D eigenvalue weighted by Gasteiger charge is 2.15. The van der Waals surface area contributed by atoms with Gasteiger partial charge in [-0.3, -0.25) is 0 Å². The van der Waals surface area contributed by atoms with Crippen LogP contribution in [-0.4, -0.2) is 40.1 Å². The fourth-order valence-electron chi connectivity index (χ4n) is 0.988. The maximum Gasteiger partial charge on any atom is 0.352 e. The third-order valence-corrected chi connectivity index (χ3v) is 1.52. The van der Waals surface area contributed by atoms with Crippen LogP contribution in [-0.2, 0) is 9.59 Å². The Labute approximate surface area is 87.6 Å². The summed E-state index contributed by atoms with van der Waals surface area (Å²) in [7, 11) is 0. The van der Waals surface area contributed by atoms with Crippen LogP contribution < -0.4 is 0 Å². The molecule has 0 aliphatic heterocycles. The van der Waals surface area contributed by atoms with Gasteiger partial charge in [-0.25, -0.2) is 9.59 Å². The predicted molar refractivity (Wildman–Crippen MR) is 55.3 cm³/mol. The Morgan fingerprint density at radius 1 is 1.13 bits per heavy atom. The van der Waals surface area contributed by atoms with E-state index in [4.69, 9.17) is 10.2 Å². The van der Waals surface area contributed by atoms with Crippen molar-refractivity contribution >= 4 is 11.9 Å². The first-order chi connectivity index (χ1) is 7.02. The number of carboxylic acid groups (broad SMARTS) is 2. The molecule has 0 aromatic heterocycles. The molecule has 5 nitrogen and oxygen atoms in total. The predicted octanol–water partition coefficient (Wildman–Crippen LogP) is 0.713. The smallest absolute Gasteiger partial charge is 0.352 e. The zero-order valence-electron chi connectivity index (χ0n) is 8.22. The van der Waals surface area contributed by atoms with E-state index < -0.39 is 11.9 Å². The van der Waals surface area contributed by atoms with E-state index in [-0.39, 0.29) is 18.8 Å². The van der Waals surface area contributed by atoms with Gasteiger partial charge in [-0.1, -0.05) is 12.2 Å². The van der Waals surface area contributed by atoms with Gasteiger partial charge < -0.3 is 15.1 Å². The van der Waals surface area contributed by atoms with Gasteiger partial charge in [-0.15, -0.1) is 13.2 Å². The third kappa shape index (κ3) is 4.66. The molecule has 5 heteroatoms. The minimum atomic E-state index is -1.30. The second-order valence-corrected chi connectivity index (χ2v) is 2.66. The summed E-state index contributed by atoms with van der Waals surface area (Å²) in [6.45, 7) is 7.42. The van der Waals surface area contributed by atoms with Crippen LogP contribution in [0, 0.1) is 0 Å². The van der Waals surface area contributed by atoms with Gasteiger partial charge in [-0.05, 0) is 0 Å². The Balaban J connectivity index is 4.98. The van der Waals surface area contributed by atoms with Crippen molar-refractivity contribution in [3.8, 4) is 0 Å². The molecule has 15 heavy (non-hydrogen) atoms. The van der Waals surface area contributed by atoms with E-state index in [1.165, 1.54) is 17.1 Å². The van der Waals surface area contributed by atoms with E-state index >= 15 is 0 Å². The zero-order valence-corrected chi connectivity index (χ0v) is 8.22. The summed E-state index contributed by atoms with van der Waals surface area (Å²) in [6, 6.07) is 0. The Morgan fingerprint density at radius 3 is 1.87 bits per heavy atom. The summed E-state index contributed by atoms with van der Waals surface area (Å²) in [5.74, 6) is -2.59. The van der Waals surface area contributed by atoms with Crippen LogP contribution in [0.25, 0.3) is 0 Å². The number of carboxylic acids is 2. The highest BCUT2D eigenvalue weighted by Crippen LogP contribution is 2.05. The standard InChI is InChI=1S/C10H13NO4/c1-3-5-11(6-4-2)8(10(14)15)7-9(12)13/h3-4,7H,1-2,5-6H2,(H,12,13)(H,14,15)/b8-7-. The molecule has 0 radical (unpaired) electrons. The molecule has 0 aliphatic carbocycles. The molecule has 0 aliphatic rings. The lowest BCUT2D eigenvalue weighted by molar-refractivity contribution is -0.136. The fraction of sp³-hybridized carbons (Fsp3) is 0.200. The minimum Gasteiger partial charge on any atom is -0.478 e. The first kappa shape index (κ1) is 13.0. The zero-order chi connectivity index (χ0) is 11.8. The molecule has 0 aromatic carbocycles. The Morgan fingerprint density at radius 2 is 1.60 bits per heavy atom. The van der Waals surface area contributed by atoms with Gasteiger partial charge in [-0.2, -0.15) is 0 Å². The molecule has 0 heterocycles. The molecule has 0 fully saturated rings. The maximum absolute atomic E-state index is 10.8. The SMILES string of the molecule is C=CCN(CC=C)/C(=C\C(=O)O)C(=O)O. The van der Waals surface area contributed by atoms with Crippen molar-refractivity contribution in [2.24, 2.45) is 0 Å². The van der Waals surface area contributed by atoms with E-state index in [0.717, 1.165) is 0 Å². The molecule has 2 N–H and O–H groups in total. The van der Waals surface area contributed by atoms with Gasteiger partial charge in [0.05, 0.1) is 6.08 Å². The van der Waals surface area contributed by atoms with Gasteiger partial charge in [0.25, 0.3) is 0 Å². The lowest BCUT2D eigenvalue weighted by atomic mass is 10.3. The number of rotatable bonds is 7. The topological polar surface area (TPSA) is 77.8 Å². The molecule has 0 rings (SSSR count). The van der Waals surface area contributed by atoms with Gasteiger partial charge >= 0.3 is 11.9 Å². The molecule has 0 bridgehead atoms. The van der Waals surface area contributed by atoms with Crippen molar-refractivity contribution in [3.05, 3.63) is 37.1 Å². The molecule has 0 aromatic rings. The average Bonchev–Trinajstić information content (AvgIpc) is 2.13. The third-order valence-electron chi connectivity index (χ3n) is 1.52. The second-order valence-electron chi connectivity index (χ2n) is 2.66. The second kappa shape index (κ2) is 6.42. The van der Waals surface area contributed by atoms with Crippen LogP contribution in [0.4, 0.5) is 0 Å². The molecule has 0 atom stereocenters. The van der Waals surface area contributed by atoms with Crippen LogP contribution in [0.1, 0.15) is 0 Å². The van der Waals surface area contributed by atoms with Crippen molar-refractivity contribution in [2.45, 2.75) is 0 Å². The Bertz CT molecular complexity index is 297. The average molecular weight is 211 g/mol. The first-order valence-electron chi connectivity index (χ1n) is 4.17. The number of nitrogens with zero attached hydrogens (tertiary/aromatic N) is 1. The Hall–Kier alpha value is -2.04. The molecular formula is C10H13NO4. The van der Waals surface area contributed by atoms with Crippen LogP contribution in [0.15, 0.2) is 37.1 Å². The molecular weight excluding hydrogens is 198 g/mol. The van der Waals surface area contributed by atoms with Gasteiger partial charge in [0.1, 0.15) is 5.70 Å². The molecule has 0 unspecified atom stereocenters. The quantitative estimate of drug-likeness (QED) is 0.479. The van der Waals surface area contributed by atoms with Crippen molar-refractivity contribution in [1.29, 1.82) is 0 Å². The molecule has 0 saturated heterocycles. The number of hydrogen-bond donors (Lipinski definition) is 2. The maximum atomic E-state index is 10.8. The number of hydrogen-bond acceptors (Lipinski definition) is 3. The first-order valence-corrected chi connectivity index (χ1v) is 4.17. The highest BCUT2D eigenvalue weighted by molar-refractivity contribution is 5.94. The van der Waals surface area contributed by atoms with E-state index in [9.17, 15) is 9.59 Å². The summed E-state index contributed by atoms with van der Waals surface area (Å²) in [6.07, 6.45) is 3.62. The highest BCUT2D eigenvalue weighted by atomic mass is 16.4. The lowest BCUT2D eigenvalue weighted by Gasteiger charge is -2.21. The van der Waals surface area contributed by atoms with Crippen molar-refractivity contribution in [3.63, 3.8) is 0 Å². The Kier molecular flexibility index (Phi) is 5.55. The van der Waals surface area contributed by atoms with E-state index in [0.29, 0.717) is 6.08 Å². The van der Waals surface area contributed by atoms with Crippen LogP contribution in [0.3, 0.4) is 0 Å². The summed E-state index contributed by atoms with van der Waals surface area (Å²) >= 11 is 0. The molecule has 82 valence electrons. The lowest BCUT2D eigenvalue weighted by Crippen LogP contribution is -2.28. The number of carbonyl (C=O) groups is 2. The van der Waals surface area contributed by atoms with Crippen LogP contribution in [0.5, 0.6) is 0 Å². The minimum absolute atomic E-state index is 0.247. The monoisotopic (exact) mass is 211 g/mol. The summed E-state index contributed by atoms with van der Waals surface area (Å²) < 4.78 is 0. The molecule has 0 spiro atoms. The summed E-state index contributed by atoms with van der Waals surface area (Å²) in [4.78, 5) is 22.5. The van der Waals surface area contributed by atoms with Gasteiger partial charge in [0.15, 0.2) is 0 Å². The van der Waals surface area contributed by atoms with Crippen molar-refractivity contribution < 1.29 is 19.8 Å². The van der Waals surface area contributed by atoms with Crippen molar-refractivity contribution in [1.82, 2.24) is 4.90 Å². The van der Waals surface area contributed by atoms with Gasteiger partial charge in [0.2, 0.25) is 0 Å². The molecule has 0 saturated carbocycles. The van der Waals surface area contributed by atoms with E-state index in [1.807, 2.05) is 0 Å². The fourth-order valence-corrected chi connectivity index (χ4v) is 0.988. The summed E-state index contributed by atoms with van der Waals surface area (Å²) in [5.41, 5.74) is -0.290. The van der Waals surface area contributed by atoms with E-state index in [1.54, 1.807) is 0 Å². The normalized spacial score (nSPS) is 10.5. The molecule has 0 amide bonds. The van der Waals surface area contributed by atoms with E-state index in [2.05, 4.69) is 13.2 Å². The van der Waals surface area contributed by atoms with Crippen LogP contribution in [0.2, 0.25) is 0 Å². The summed E-state index contributed by atoms with van der Waals surface area (Å²) in [5, 5.41) is 17.3. The van der Waals surface area contributed by atoms with Crippen molar-refractivity contribution in [2.75, 3.05) is 13.1 Å². The largest absolute Gasteiger partial charge is 0.478 e. The van der Waals surface area contributed by atoms with Gasteiger partial charge in [0, 0.05) is 13.1 Å².